The lowest BCUT2D eigenvalue weighted by Crippen LogP contribution is -2.21. The van der Waals surface area contributed by atoms with E-state index in [0.717, 1.165) is 0 Å². The molecule has 8 heteroatoms. The van der Waals surface area contributed by atoms with Gasteiger partial charge in [-0.25, -0.2) is 0 Å². The largest absolute Gasteiger partial charge is 0.361 e. The molecule has 0 aliphatic heterocycles. The molecule has 0 unspecified atom stereocenters. The number of hydrogen-bond donors (Lipinski definition) is 2. The zero-order chi connectivity index (χ0) is 13.3. The van der Waals surface area contributed by atoms with Gasteiger partial charge in [-0.05, 0) is 23.8 Å². The fourth-order valence-corrected chi connectivity index (χ4v) is 2.17. The van der Waals surface area contributed by atoms with Crippen LogP contribution in [0.5, 0.6) is 0 Å². The number of nitrogens with zero attached hydrogens (tertiary/aromatic N) is 1. The molecule has 0 atom stereocenters. The van der Waals surface area contributed by atoms with Crippen molar-refractivity contribution in [3.63, 3.8) is 0 Å². The average molecular weight is 264 g/mol. The second kappa shape index (κ2) is 4.39. The molecule has 1 aliphatic rings. The molecule has 6 nitrogen and oxygen atoms in total. The Balaban J connectivity index is 2.63. The van der Waals surface area contributed by atoms with Crippen molar-refractivity contribution < 1.29 is 17.8 Å². The Hall–Kier alpha value is -1.93. The van der Waals surface area contributed by atoms with Crippen molar-refractivity contribution in [2.45, 2.75) is 4.90 Å². The summed E-state index contributed by atoms with van der Waals surface area (Å²) in [6, 6.07) is 3.96. The summed E-state index contributed by atoms with van der Waals surface area (Å²) >= 11 is 0. The molecule has 0 radical (unpaired) electrons. The van der Waals surface area contributed by atoms with Gasteiger partial charge in [0.1, 0.15) is 5.71 Å². The van der Waals surface area contributed by atoms with Gasteiger partial charge >= 0.3 is 0 Å². The van der Waals surface area contributed by atoms with Gasteiger partial charge in [-0.2, -0.15) is 13.5 Å². The first-order valence-electron chi connectivity index (χ1n) is 5.02. The highest BCUT2D eigenvalue weighted by atomic mass is 32.2. The second-order valence-corrected chi connectivity index (χ2v) is 5.03. The number of rotatable bonds is 2. The van der Waals surface area contributed by atoms with Crippen LogP contribution >= 0.6 is 0 Å². The number of hydrazone groups is 1. The summed E-state index contributed by atoms with van der Waals surface area (Å²) < 4.78 is 31.0. The number of hydrogen-bond acceptors (Lipinski definition) is 5. The van der Waals surface area contributed by atoms with Crippen molar-refractivity contribution in [2.24, 2.45) is 5.10 Å². The van der Waals surface area contributed by atoms with Gasteiger partial charge in [0, 0.05) is 5.56 Å². The van der Waals surface area contributed by atoms with Crippen LogP contribution in [0.15, 0.2) is 34.3 Å². The number of carbonyl (C=O) groups excluding carboxylic acids is 1. The number of carbonyl (C=O) groups is 1. The van der Waals surface area contributed by atoms with E-state index in [4.69, 9.17) is 4.55 Å². The molecule has 18 heavy (non-hydrogen) atoms. The summed E-state index contributed by atoms with van der Waals surface area (Å²) in [5, 5.41) is 6.37. The molecule has 1 aromatic carbocycles. The molecular formula is C10H9BN2O4S. The highest BCUT2D eigenvalue weighted by molar-refractivity contribution is 7.85. The fraction of sp³-hybridized carbons (Fsp3) is 0. The normalized spacial score (nSPS) is 16.7. The summed E-state index contributed by atoms with van der Waals surface area (Å²) in [5.74, 6) is -0.267. The molecule has 1 aromatic rings. The molecule has 0 spiro atoms. The molecule has 0 saturated carbocycles. The Bertz CT molecular complexity index is 679. The van der Waals surface area contributed by atoms with E-state index in [1.54, 1.807) is 7.98 Å². The molecule has 0 aromatic heterocycles. The maximum Gasteiger partial charge on any atom is 0.294 e. The van der Waals surface area contributed by atoms with Crippen molar-refractivity contribution in [3.05, 3.63) is 35.4 Å². The van der Waals surface area contributed by atoms with Crippen LogP contribution in [-0.4, -0.2) is 32.4 Å². The van der Waals surface area contributed by atoms with Crippen LogP contribution in [0.4, 0.5) is 0 Å². The quantitative estimate of drug-likeness (QED) is 0.421. The van der Waals surface area contributed by atoms with E-state index in [0.29, 0.717) is 11.1 Å². The zero-order valence-electron chi connectivity index (χ0n) is 9.41. The summed E-state index contributed by atoms with van der Waals surface area (Å²) in [4.78, 5) is 11.4. The van der Waals surface area contributed by atoms with E-state index in [1.807, 2.05) is 0 Å². The monoisotopic (exact) mass is 264 g/mol. The van der Waals surface area contributed by atoms with Gasteiger partial charge in [-0.3, -0.25) is 9.35 Å². The van der Waals surface area contributed by atoms with Gasteiger partial charge in [-0.1, -0.05) is 12.1 Å². The van der Waals surface area contributed by atoms with E-state index in [-0.39, 0.29) is 16.4 Å². The number of nitrogens with one attached hydrogen (secondary N) is 1. The molecule has 1 aliphatic carbocycles. The Morgan fingerprint density at radius 1 is 1.28 bits per heavy atom. The molecule has 2 rings (SSSR count). The molecule has 0 heterocycles. The van der Waals surface area contributed by atoms with Gasteiger partial charge in [0.15, 0.2) is 0 Å². The highest BCUT2D eigenvalue weighted by Crippen LogP contribution is 2.21. The molecule has 0 amide bonds. The van der Waals surface area contributed by atoms with E-state index < -0.39 is 10.1 Å². The number of benzene rings is 1. The smallest absolute Gasteiger partial charge is 0.294 e. The Kier molecular flexibility index (Phi) is 3.06. The van der Waals surface area contributed by atoms with E-state index in [2.05, 4.69) is 10.4 Å². The lowest BCUT2D eigenvalue weighted by molar-refractivity contribution is -0.108. The van der Waals surface area contributed by atoms with Crippen LogP contribution in [0, 0.1) is 0 Å². The third-order valence-corrected chi connectivity index (χ3v) is 3.30. The second-order valence-electron chi connectivity index (χ2n) is 3.61. The predicted octanol–water partition coefficient (Wildman–Crippen LogP) is -0.629. The zero-order valence-corrected chi connectivity index (χ0v) is 10.2. The number of fused-ring (bicyclic) bond motifs is 1. The van der Waals surface area contributed by atoms with E-state index in [9.17, 15) is 13.2 Å². The first-order chi connectivity index (χ1) is 8.43. The minimum atomic E-state index is -4.25. The van der Waals surface area contributed by atoms with Crippen LogP contribution < -0.4 is 5.34 Å². The third-order valence-electron chi connectivity index (χ3n) is 2.45. The maximum absolute atomic E-state index is 11.6. The van der Waals surface area contributed by atoms with Crippen molar-refractivity contribution in [3.8, 4) is 0 Å². The van der Waals surface area contributed by atoms with Crippen molar-refractivity contribution in [2.75, 3.05) is 0 Å². The van der Waals surface area contributed by atoms with E-state index in [1.165, 1.54) is 30.4 Å². The van der Waals surface area contributed by atoms with Crippen LogP contribution in [0.3, 0.4) is 0 Å². The topological polar surface area (TPSA) is 95.8 Å². The first kappa shape index (κ1) is 12.5. The Morgan fingerprint density at radius 3 is 2.61 bits per heavy atom. The molecule has 0 fully saturated rings. The average Bonchev–Trinajstić information content (AvgIpc) is 2.31. The van der Waals surface area contributed by atoms with Crippen molar-refractivity contribution in [1.29, 1.82) is 0 Å². The summed E-state index contributed by atoms with van der Waals surface area (Å²) in [5.41, 5.74) is 1.24. The van der Waals surface area contributed by atoms with Gasteiger partial charge < -0.3 is 5.34 Å². The van der Waals surface area contributed by atoms with Gasteiger partial charge in [0.2, 0.25) is 13.8 Å². The first-order valence-corrected chi connectivity index (χ1v) is 6.46. The number of ketones is 1. The van der Waals surface area contributed by atoms with Crippen LogP contribution in [-0.2, 0) is 14.9 Å². The minimum absolute atomic E-state index is 0.205. The summed E-state index contributed by atoms with van der Waals surface area (Å²) in [6.45, 7) is 0. The lowest BCUT2D eigenvalue weighted by atomic mass is 9.95. The Morgan fingerprint density at radius 2 is 2.00 bits per heavy atom. The minimum Gasteiger partial charge on any atom is -0.361 e. The van der Waals surface area contributed by atoms with Crippen molar-refractivity contribution in [1.82, 2.24) is 5.34 Å². The Labute approximate surface area is 105 Å². The van der Waals surface area contributed by atoms with Gasteiger partial charge in [0.25, 0.3) is 10.1 Å². The predicted molar refractivity (Wildman–Crippen MR) is 68.5 cm³/mol. The van der Waals surface area contributed by atoms with Gasteiger partial charge in [-0.15, -0.1) is 0 Å². The van der Waals surface area contributed by atoms with Crippen LogP contribution in [0.1, 0.15) is 11.1 Å². The molecule has 0 bridgehead atoms. The lowest BCUT2D eigenvalue weighted by Gasteiger charge is -2.12. The molecule has 92 valence electrons. The number of allylic oxidation sites excluding steroid dienone is 1. The van der Waals surface area contributed by atoms with Crippen LogP contribution in [0.25, 0.3) is 6.08 Å². The van der Waals surface area contributed by atoms with Crippen molar-refractivity contribution >= 4 is 35.7 Å². The SMILES string of the molecule is BN/N=C1\C(=O)C=Cc2cc(S(=O)(=O)O)ccc21. The highest BCUT2D eigenvalue weighted by Gasteiger charge is 2.21. The summed E-state index contributed by atoms with van der Waals surface area (Å²) in [6.07, 6.45) is 2.79. The molecule has 0 saturated heterocycles. The van der Waals surface area contributed by atoms with Gasteiger partial charge in [0.05, 0.1) is 4.90 Å². The maximum atomic E-state index is 11.6. The van der Waals surface area contributed by atoms with E-state index >= 15 is 0 Å². The summed E-state index contributed by atoms with van der Waals surface area (Å²) in [7, 11) is -2.69. The molecular weight excluding hydrogens is 255 g/mol. The van der Waals surface area contributed by atoms with Crippen LogP contribution in [0.2, 0.25) is 0 Å². The fourth-order valence-electron chi connectivity index (χ4n) is 1.66. The molecule has 2 N–H and O–H groups in total. The standard InChI is InChI=1S/C10H9BN2O4S/c11-13-12-10-8-3-2-7(18(15,16)17)5-6(8)1-4-9(10)14/h1-5,13H,11H2,(H,15,16,17)/b12-10-. The third kappa shape index (κ3) is 2.20.